The lowest BCUT2D eigenvalue weighted by atomic mass is 10.8. The first-order valence-corrected chi connectivity index (χ1v) is 1.50. The van der Waals surface area contributed by atoms with Gasteiger partial charge in [0.15, 0.2) is 5.34 Å². The fourth-order valence-electron chi connectivity index (χ4n) is 0. The van der Waals surface area contributed by atoms with Crippen molar-refractivity contribution in [1.82, 2.24) is 0 Å². The third-order valence-electron chi connectivity index (χ3n) is 0. The topological polar surface area (TPSA) is 75.7 Å². The van der Waals surface area contributed by atoms with Crippen LogP contribution in [-0.2, 0) is 0 Å². The molecule has 0 atom stereocenters. The Balaban J connectivity index is 0. The summed E-state index contributed by atoms with van der Waals surface area (Å²) >= 11 is 0. The van der Waals surface area contributed by atoms with Gasteiger partial charge in [-0.2, -0.15) is 0 Å². The molecule has 0 spiro atoms. The summed E-state index contributed by atoms with van der Waals surface area (Å²) in [6.07, 6.45) is 0. The average molecular weight is 92.1 g/mol. The monoisotopic (exact) mass is 92.1 g/mol. The van der Waals surface area contributed by atoms with Crippen LogP contribution < -0.4 is 5.73 Å². The molecule has 3 N–H and O–H groups in total. The van der Waals surface area contributed by atoms with Crippen molar-refractivity contribution in [3.63, 3.8) is 0 Å². The summed E-state index contributed by atoms with van der Waals surface area (Å²) in [4.78, 5) is 8.11. The van der Waals surface area contributed by atoms with Crippen molar-refractivity contribution < 1.29 is 5.21 Å². The van der Waals surface area contributed by atoms with Crippen LogP contribution in [0.3, 0.4) is 0 Å². The van der Waals surface area contributed by atoms with Crippen LogP contribution >= 0.6 is 0 Å². The molecule has 6 heavy (non-hydrogen) atoms. The summed E-state index contributed by atoms with van der Waals surface area (Å²) < 4.78 is 0. The van der Waals surface area contributed by atoms with E-state index in [0.29, 0.717) is 0 Å². The molecule has 0 aliphatic heterocycles. The molecule has 4 heteroatoms. The SMILES string of the molecule is CCN.O=NO. The Kier molecular flexibility index (Phi) is 40.0. The van der Waals surface area contributed by atoms with E-state index in [1.807, 2.05) is 6.92 Å². The first kappa shape index (κ1) is 9.03. The molecule has 0 saturated carbocycles. The Morgan fingerprint density at radius 1 is 2.00 bits per heavy atom. The van der Waals surface area contributed by atoms with E-state index in [9.17, 15) is 0 Å². The number of hydrogen-bond donors (Lipinski definition) is 2. The molecule has 0 bridgehead atoms. The highest BCUT2D eigenvalue weighted by atomic mass is 16.6. The molecule has 0 heterocycles. The molecule has 0 aromatic rings. The van der Waals surface area contributed by atoms with Crippen molar-refractivity contribution in [1.29, 1.82) is 0 Å². The standard InChI is InChI=1S/C2H7N.HNO2/c1-2-3;2-1-3/h2-3H2,1H3;(H,2,3). The van der Waals surface area contributed by atoms with Gasteiger partial charge in [-0.3, -0.25) is 0 Å². The molecule has 0 saturated heterocycles. The van der Waals surface area contributed by atoms with Gasteiger partial charge in [-0.05, 0) is 6.54 Å². The molecule has 0 radical (unpaired) electrons. The summed E-state index contributed by atoms with van der Waals surface area (Å²) in [6.45, 7) is 2.65. The average Bonchev–Trinajstić information content (AvgIpc) is 1.39. The van der Waals surface area contributed by atoms with Crippen molar-refractivity contribution >= 4 is 0 Å². The largest absolute Gasteiger partial charge is 0.379 e. The van der Waals surface area contributed by atoms with Crippen LogP contribution in [0.5, 0.6) is 0 Å². The lowest BCUT2D eigenvalue weighted by molar-refractivity contribution is 0.312. The van der Waals surface area contributed by atoms with Gasteiger partial charge in [-0.15, -0.1) is 4.91 Å². The Bertz CT molecular complexity index is 23.5. The van der Waals surface area contributed by atoms with Gasteiger partial charge in [0.25, 0.3) is 0 Å². The third-order valence-corrected chi connectivity index (χ3v) is 0. The fraction of sp³-hybridized carbons (Fsp3) is 1.00. The van der Waals surface area contributed by atoms with E-state index in [1.165, 1.54) is 5.34 Å². The van der Waals surface area contributed by atoms with Gasteiger partial charge < -0.3 is 10.9 Å². The van der Waals surface area contributed by atoms with Crippen molar-refractivity contribution in [3.05, 3.63) is 4.91 Å². The molecule has 0 aromatic carbocycles. The lowest BCUT2D eigenvalue weighted by Gasteiger charge is -1.53. The maximum atomic E-state index is 8.11. The maximum Gasteiger partial charge on any atom is 0.152 e. The van der Waals surface area contributed by atoms with Gasteiger partial charge >= 0.3 is 0 Å². The highest BCUT2D eigenvalue weighted by Crippen LogP contribution is 1.25. The van der Waals surface area contributed by atoms with Crippen LogP contribution in [0.25, 0.3) is 0 Å². The molecular formula is C2H8N2O2. The van der Waals surface area contributed by atoms with E-state index in [-0.39, 0.29) is 0 Å². The lowest BCUT2D eigenvalue weighted by Crippen LogP contribution is -1.87. The van der Waals surface area contributed by atoms with E-state index in [2.05, 4.69) is 0 Å². The van der Waals surface area contributed by atoms with Gasteiger partial charge in [0, 0.05) is 0 Å². The summed E-state index contributed by atoms with van der Waals surface area (Å²) in [5.74, 6) is 0. The van der Waals surface area contributed by atoms with Gasteiger partial charge in [-0.1, -0.05) is 6.92 Å². The molecule has 0 aliphatic rings. The molecule has 0 aromatic heterocycles. The third kappa shape index (κ3) is 45.7. The second-order valence-corrected chi connectivity index (χ2v) is 0.490. The zero-order chi connectivity index (χ0) is 5.41. The van der Waals surface area contributed by atoms with E-state index in [4.69, 9.17) is 15.8 Å². The van der Waals surface area contributed by atoms with Crippen LogP contribution in [0.2, 0.25) is 0 Å². The van der Waals surface area contributed by atoms with E-state index >= 15 is 0 Å². The first-order chi connectivity index (χ1) is 2.83. The minimum atomic E-state index is 0.750. The number of nitrogens with two attached hydrogens (primary N) is 1. The Labute approximate surface area is 35.9 Å². The van der Waals surface area contributed by atoms with Crippen LogP contribution in [0, 0.1) is 4.91 Å². The second kappa shape index (κ2) is 26.6. The van der Waals surface area contributed by atoms with Crippen molar-refractivity contribution in [2.24, 2.45) is 11.1 Å². The number of hydrogen-bond acceptors (Lipinski definition) is 3. The van der Waals surface area contributed by atoms with E-state index in [0.717, 1.165) is 6.54 Å². The van der Waals surface area contributed by atoms with Crippen LogP contribution in [0.4, 0.5) is 0 Å². The van der Waals surface area contributed by atoms with Gasteiger partial charge in [0.05, 0.1) is 0 Å². The molecule has 0 amide bonds. The Hall–Kier alpha value is -0.640. The van der Waals surface area contributed by atoms with Crippen molar-refractivity contribution in [3.8, 4) is 0 Å². The minimum Gasteiger partial charge on any atom is -0.379 e. The second-order valence-electron chi connectivity index (χ2n) is 0.490. The molecule has 0 rings (SSSR count). The van der Waals surface area contributed by atoms with Crippen molar-refractivity contribution in [2.45, 2.75) is 6.92 Å². The summed E-state index contributed by atoms with van der Waals surface area (Å²) in [5.41, 5.74) is 4.85. The molecule has 4 nitrogen and oxygen atoms in total. The summed E-state index contributed by atoms with van der Waals surface area (Å²) in [5, 5.41) is 7.89. The van der Waals surface area contributed by atoms with Gasteiger partial charge in [-0.25, -0.2) is 0 Å². The fourth-order valence-corrected chi connectivity index (χ4v) is 0. The molecule has 0 fully saturated rings. The minimum absolute atomic E-state index is 0.750. The zero-order valence-electron chi connectivity index (χ0n) is 3.59. The Morgan fingerprint density at radius 2 is 2.00 bits per heavy atom. The molecule has 0 unspecified atom stereocenters. The number of rotatable bonds is 0. The van der Waals surface area contributed by atoms with E-state index in [1.54, 1.807) is 0 Å². The smallest absolute Gasteiger partial charge is 0.152 e. The summed E-state index contributed by atoms with van der Waals surface area (Å²) in [6, 6.07) is 0. The van der Waals surface area contributed by atoms with Crippen LogP contribution in [0.15, 0.2) is 5.34 Å². The predicted molar refractivity (Wildman–Crippen MR) is 22.3 cm³/mol. The quantitative estimate of drug-likeness (QED) is 0.329. The van der Waals surface area contributed by atoms with Crippen LogP contribution in [-0.4, -0.2) is 11.8 Å². The first-order valence-electron chi connectivity index (χ1n) is 1.50. The highest BCUT2D eigenvalue weighted by Gasteiger charge is 1.32. The Morgan fingerprint density at radius 3 is 2.00 bits per heavy atom. The normalized spacial score (nSPS) is 5.00. The maximum absolute atomic E-state index is 8.11. The summed E-state index contributed by atoms with van der Waals surface area (Å²) in [7, 11) is 0. The molecule has 0 aliphatic carbocycles. The zero-order valence-corrected chi connectivity index (χ0v) is 3.59. The molecule has 38 valence electrons. The molecular weight excluding hydrogens is 84.0 g/mol. The highest BCUT2D eigenvalue weighted by molar-refractivity contribution is 4.00. The van der Waals surface area contributed by atoms with Crippen LogP contribution in [0.1, 0.15) is 6.92 Å². The predicted octanol–water partition coefficient (Wildman–Crippen LogP) is 0.107. The van der Waals surface area contributed by atoms with Gasteiger partial charge in [0.1, 0.15) is 0 Å². The van der Waals surface area contributed by atoms with Crippen molar-refractivity contribution in [2.75, 3.05) is 6.54 Å². The van der Waals surface area contributed by atoms with E-state index < -0.39 is 0 Å². The number of nitrogens with zero attached hydrogens (tertiary/aromatic N) is 1. The van der Waals surface area contributed by atoms with Gasteiger partial charge in [0.2, 0.25) is 0 Å².